The summed E-state index contributed by atoms with van der Waals surface area (Å²) >= 11 is 3.22. The molecule has 2 N–H and O–H groups in total. The first-order valence-corrected chi connectivity index (χ1v) is 7.08. The van der Waals surface area contributed by atoms with Crippen molar-refractivity contribution in [2.24, 2.45) is 0 Å². The molecule has 0 bridgehead atoms. The van der Waals surface area contributed by atoms with Gasteiger partial charge < -0.3 is 19.6 Å². The molecule has 7 nitrogen and oxygen atoms in total. The standard InChI is InChI=1S/C13H14BrN3O4/c1-3-10(12(18)16-11-4-7(2)21-17-11)20-13(19)9-5-8(14)6-15-9/h4-6,10,15H,3H2,1-2H3,(H,16,17,18). The van der Waals surface area contributed by atoms with Crippen molar-refractivity contribution in [2.75, 3.05) is 5.32 Å². The molecule has 0 aliphatic heterocycles. The molecule has 0 aliphatic carbocycles. The van der Waals surface area contributed by atoms with Crippen LogP contribution in [-0.4, -0.2) is 28.1 Å². The zero-order valence-electron chi connectivity index (χ0n) is 11.5. The Morgan fingerprint density at radius 1 is 1.52 bits per heavy atom. The van der Waals surface area contributed by atoms with E-state index in [9.17, 15) is 9.59 Å². The van der Waals surface area contributed by atoms with Gasteiger partial charge in [0.15, 0.2) is 11.9 Å². The van der Waals surface area contributed by atoms with Crippen LogP contribution in [0.5, 0.6) is 0 Å². The summed E-state index contributed by atoms with van der Waals surface area (Å²) in [6.07, 6.45) is 1.04. The van der Waals surface area contributed by atoms with Gasteiger partial charge in [-0.1, -0.05) is 12.1 Å². The van der Waals surface area contributed by atoms with E-state index >= 15 is 0 Å². The molecule has 2 aromatic rings. The van der Waals surface area contributed by atoms with Gasteiger partial charge in [-0.15, -0.1) is 0 Å². The predicted octanol–water partition coefficient (Wildman–Crippen LogP) is 2.65. The minimum absolute atomic E-state index is 0.269. The van der Waals surface area contributed by atoms with Crippen LogP contribution in [0, 0.1) is 6.92 Å². The predicted molar refractivity (Wildman–Crippen MR) is 77.9 cm³/mol. The van der Waals surface area contributed by atoms with E-state index in [2.05, 4.69) is 31.4 Å². The molecule has 2 aromatic heterocycles. The molecule has 8 heteroatoms. The topological polar surface area (TPSA) is 97.2 Å². The number of halogens is 1. The lowest BCUT2D eigenvalue weighted by atomic mass is 10.2. The van der Waals surface area contributed by atoms with E-state index in [4.69, 9.17) is 9.26 Å². The van der Waals surface area contributed by atoms with Crippen molar-refractivity contribution in [3.05, 3.63) is 34.3 Å². The van der Waals surface area contributed by atoms with E-state index in [1.54, 1.807) is 32.2 Å². The van der Waals surface area contributed by atoms with Gasteiger partial charge in [0.1, 0.15) is 11.5 Å². The number of rotatable bonds is 5. The first-order chi connectivity index (χ1) is 9.99. The van der Waals surface area contributed by atoms with Crippen molar-refractivity contribution in [1.29, 1.82) is 0 Å². The monoisotopic (exact) mass is 355 g/mol. The molecule has 0 saturated carbocycles. The largest absolute Gasteiger partial charge is 0.448 e. The lowest BCUT2D eigenvalue weighted by molar-refractivity contribution is -0.124. The van der Waals surface area contributed by atoms with Crippen molar-refractivity contribution in [1.82, 2.24) is 10.1 Å². The number of nitrogens with zero attached hydrogens (tertiary/aromatic N) is 1. The van der Waals surface area contributed by atoms with Crippen LogP contribution in [0.4, 0.5) is 5.82 Å². The highest BCUT2D eigenvalue weighted by atomic mass is 79.9. The van der Waals surface area contributed by atoms with Crippen molar-refractivity contribution < 1.29 is 18.8 Å². The van der Waals surface area contributed by atoms with Gasteiger partial charge in [0.2, 0.25) is 0 Å². The maximum atomic E-state index is 12.0. The normalized spacial score (nSPS) is 12.0. The minimum atomic E-state index is -0.906. The highest BCUT2D eigenvalue weighted by Gasteiger charge is 2.23. The number of ether oxygens (including phenoxy) is 1. The summed E-state index contributed by atoms with van der Waals surface area (Å²) in [6, 6.07) is 3.16. The van der Waals surface area contributed by atoms with E-state index in [1.165, 1.54) is 0 Å². The quantitative estimate of drug-likeness (QED) is 0.803. The number of aromatic nitrogens is 2. The summed E-state index contributed by atoms with van der Waals surface area (Å²) in [7, 11) is 0. The van der Waals surface area contributed by atoms with Crippen LogP contribution in [0.2, 0.25) is 0 Å². The fraction of sp³-hybridized carbons (Fsp3) is 0.308. The number of H-pyrrole nitrogens is 1. The van der Waals surface area contributed by atoms with Gasteiger partial charge in [-0.25, -0.2) is 4.79 Å². The zero-order valence-corrected chi connectivity index (χ0v) is 13.1. The molecular weight excluding hydrogens is 342 g/mol. The van der Waals surface area contributed by atoms with Crippen LogP contribution in [0.25, 0.3) is 0 Å². The summed E-state index contributed by atoms with van der Waals surface area (Å²) in [5, 5.41) is 6.19. The number of hydrogen-bond acceptors (Lipinski definition) is 5. The first kappa shape index (κ1) is 15.3. The molecule has 0 saturated heterocycles. The van der Waals surface area contributed by atoms with E-state index in [0.29, 0.717) is 12.2 Å². The molecule has 1 amide bonds. The number of aryl methyl sites for hydroxylation is 1. The van der Waals surface area contributed by atoms with Gasteiger partial charge in [-0.2, -0.15) is 0 Å². The maximum Gasteiger partial charge on any atom is 0.355 e. The summed E-state index contributed by atoms with van der Waals surface area (Å²) in [4.78, 5) is 26.7. The third kappa shape index (κ3) is 3.94. The highest BCUT2D eigenvalue weighted by Crippen LogP contribution is 2.14. The maximum absolute atomic E-state index is 12.0. The van der Waals surface area contributed by atoms with E-state index in [-0.39, 0.29) is 11.5 Å². The second kappa shape index (κ2) is 6.57. The average Bonchev–Trinajstić information content (AvgIpc) is 3.04. The molecule has 0 aromatic carbocycles. The molecule has 21 heavy (non-hydrogen) atoms. The Labute approximate surface area is 129 Å². The summed E-state index contributed by atoms with van der Waals surface area (Å²) < 4.78 is 10.8. The number of anilines is 1. The Morgan fingerprint density at radius 2 is 2.29 bits per heavy atom. The number of esters is 1. The SMILES string of the molecule is CCC(OC(=O)c1cc(Br)c[nH]1)C(=O)Nc1cc(C)on1. The second-order valence-electron chi connectivity index (χ2n) is 4.35. The lowest BCUT2D eigenvalue weighted by Gasteiger charge is -2.14. The molecule has 2 heterocycles. The van der Waals surface area contributed by atoms with Crippen molar-refractivity contribution in [3.8, 4) is 0 Å². The van der Waals surface area contributed by atoms with Gasteiger partial charge in [0.25, 0.3) is 5.91 Å². The van der Waals surface area contributed by atoms with Crippen LogP contribution in [-0.2, 0) is 9.53 Å². The third-order valence-electron chi connectivity index (χ3n) is 2.66. The third-order valence-corrected chi connectivity index (χ3v) is 3.12. The van der Waals surface area contributed by atoms with Gasteiger partial charge >= 0.3 is 5.97 Å². The number of aromatic amines is 1. The average molecular weight is 356 g/mol. The number of hydrogen-bond donors (Lipinski definition) is 2. The Kier molecular flexibility index (Phi) is 4.79. The fourth-order valence-electron chi connectivity index (χ4n) is 1.63. The highest BCUT2D eigenvalue weighted by molar-refractivity contribution is 9.10. The molecule has 1 atom stereocenters. The number of carbonyl (C=O) groups is 2. The Balaban J connectivity index is 1.98. The smallest absolute Gasteiger partial charge is 0.355 e. The molecule has 112 valence electrons. The van der Waals surface area contributed by atoms with Crippen LogP contribution in [0.1, 0.15) is 29.6 Å². The van der Waals surface area contributed by atoms with Crippen LogP contribution < -0.4 is 5.32 Å². The Bertz CT molecular complexity index is 649. The summed E-state index contributed by atoms with van der Waals surface area (Å²) in [6.45, 7) is 3.46. The Morgan fingerprint density at radius 3 is 2.81 bits per heavy atom. The Hall–Kier alpha value is -2.09. The number of carbonyl (C=O) groups excluding carboxylic acids is 2. The van der Waals surface area contributed by atoms with Gasteiger partial charge in [0.05, 0.1) is 0 Å². The minimum Gasteiger partial charge on any atom is -0.448 e. The molecule has 0 spiro atoms. The second-order valence-corrected chi connectivity index (χ2v) is 5.26. The van der Waals surface area contributed by atoms with E-state index < -0.39 is 18.0 Å². The molecule has 0 fully saturated rings. The lowest BCUT2D eigenvalue weighted by Crippen LogP contribution is -2.32. The molecule has 2 rings (SSSR count). The van der Waals surface area contributed by atoms with Gasteiger partial charge in [0, 0.05) is 16.7 Å². The first-order valence-electron chi connectivity index (χ1n) is 6.28. The molecule has 1 unspecified atom stereocenters. The van der Waals surface area contributed by atoms with Gasteiger partial charge in [-0.05, 0) is 35.3 Å². The van der Waals surface area contributed by atoms with Crippen LogP contribution >= 0.6 is 15.9 Å². The van der Waals surface area contributed by atoms with Crippen molar-refractivity contribution in [2.45, 2.75) is 26.4 Å². The molecule has 0 aliphatic rings. The fourth-order valence-corrected chi connectivity index (χ4v) is 1.98. The van der Waals surface area contributed by atoms with Gasteiger partial charge in [-0.3, -0.25) is 4.79 Å². The summed E-state index contributed by atoms with van der Waals surface area (Å²) in [5.74, 6) is -0.190. The molecule has 0 radical (unpaired) electrons. The molecular formula is C13H14BrN3O4. The van der Waals surface area contributed by atoms with Crippen molar-refractivity contribution in [3.63, 3.8) is 0 Å². The van der Waals surface area contributed by atoms with Crippen LogP contribution in [0.15, 0.2) is 27.3 Å². The van der Waals surface area contributed by atoms with Crippen molar-refractivity contribution >= 4 is 33.6 Å². The summed E-state index contributed by atoms with van der Waals surface area (Å²) in [5.41, 5.74) is 0.269. The van der Waals surface area contributed by atoms with Crippen LogP contribution in [0.3, 0.4) is 0 Å². The van der Waals surface area contributed by atoms with E-state index in [1.807, 2.05) is 0 Å². The zero-order chi connectivity index (χ0) is 15.4. The van der Waals surface area contributed by atoms with E-state index in [0.717, 1.165) is 4.47 Å². The number of amides is 1. The number of nitrogens with one attached hydrogen (secondary N) is 2.